The first-order chi connectivity index (χ1) is 7.66. The molecule has 2 nitrogen and oxygen atoms in total. The zero-order chi connectivity index (χ0) is 11.5. The maximum absolute atomic E-state index is 3.64. The fourth-order valence-corrected chi connectivity index (χ4v) is 3.04. The highest BCUT2D eigenvalue weighted by molar-refractivity contribution is 9.10. The highest BCUT2D eigenvalue weighted by atomic mass is 79.9. The van der Waals surface area contributed by atoms with E-state index in [2.05, 4.69) is 58.4 Å². The number of anilines is 1. The number of benzene rings is 1. The van der Waals surface area contributed by atoms with Crippen molar-refractivity contribution < 1.29 is 0 Å². The summed E-state index contributed by atoms with van der Waals surface area (Å²) in [5.41, 5.74) is 2.65. The summed E-state index contributed by atoms with van der Waals surface area (Å²) < 4.78 is 1.19. The molecule has 1 N–H and O–H groups in total. The molecule has 0 radical (unpaired) electrons. The van der Waals surface area contributed by atoms with E-state index in [0.29, 0.717) is 6.04 Å². The first kappa shape index (κ1) is 11.9. The number of nitrogens with zero attached hydrogens (tertiary/aromatic N) is 1. The minimum atomic E-state index is 0.678. The van der Waals surface area contributed by atoms with Crippen molar-refractivity contribution in [2.24, 2.45) is 0 Å². The molecule has 0 bridgehead atoms. The molecule has 1 aliphatic rings. The number of rotatable bonds is 3. The molecule has 0 aromatic heterocycles. The van der Waals surface area contributed by atoms with Gasteiger partial charge < -0.3 is 10.2 Å². The summed E-state index contributed by atoms with van der Waals surface area (Å²) in [7, 11) is 4.14. The molecule has 1 heterocycles. The Kier molecular flexibility index (Phi) is 3.87. The second-order valence-electron chi connectivity index (χ2n) is 4.68. The molecule has 0 spiro atoms. The molecular weight excluding hydrogens is 264 g/mol. The van der Waals surface area contributed by atoms with Crippen LogP contribution >= 0.6 is 15.9 Å². The van der Waals surface area contributed by atoms with Gasteiger partial charge in [0, 0.05) is 24.6 Å². The molecule has 3 heteroatoms. The normalized spacial score (nSPS) is 20.1. The van der Waals surface area contributed by atoms with Crippen molar-refractivity contribution in [3.63, 3.8) is 0 Å². The topological polar surface area (TPSA) is 15.3 Å². The van der Waals surface area contributed by atoms with Gasteiger partial charge in [0.1, 0.15) is 0 Å². The number of nitrogens with one attached hydrogen (secondary N) is 1. The summed E-state index contributed by atoms with van der Waals surface area (Å²) in [5.74, 6) is 0. The molecular formula is C13H19BrN2. The fourth-order valence-electron chi connectivity index (χ4n) is 2.26. The fraction of sp³-hybridized carbons (Fsp3) is 0.538. The average molecular weight is 283 g/mol. The molecule has 0 aliphatic carbocycles. The number of hydrogen-bond donors (Lipinski definition) is 1. The van der Waals surface area contributed by atoms with Gasteiger partial charge in [-0.3, -0.25) is 0 Å². The third kappa shape index (κ3) is 2.77. The second-order valence-corrected chi connectivity index (χ2v) is 5.53. The summed E-state index contributed by atoms with van der Waals surface area (Å²) in [5, 5.41) is 3.54. The quantitative estimate of drug-likeness (QED) is 0.917. The van der Waals surface area contributed by atoms with Gasteiger partial charge >= 0.3 is 0 Å². The Labute approximate surface area is 106 Å². The van der Waals surface area contributed by atoms with Gasteiger partial charge in [-0.1, -0.05) is 6.07 Å². The van der Waals surface area contributed by atoms with E-state index in [1.165, 1.54) is 35.1 Å². The Hall–Kier alpha value is -0.540. The van der Waals surface area contributed by atoms with Gasteiger partial charge in [0.15, 0.2) is 0 Å². The summed E-state index contributed by atoms with van der Waals surface area (Å²) >= 11 is 3.64. The molecule has 1 atom stereocenters. The average Bonchev–Trinajstić information content (AvgIpc) is 2.70. The van der Waals surface area contributed by atoms with Gasteiger partial charge in [-0.15, -0.1) is 0 Å². The predicted octanol–water partition coefficient (Wildman–Crippen LogP) is 2.81. The SMILES string of the molecule is CN(C)c1ccc(CC2CCCN2)cc1Br. The number of hydrogen-bond acceptors (Lipinski definition) is 2. The van der Waals surface area contributed by atoms with Crippen LogP contribution < -0.4 is 10.2 Å². The van der Waals surface area contributed by atoms with E-state index < -0.39 is 0 Å². The molecule has 1 fully saturated rings. The van der Waals surface area contributed by atoms with Crippen LogP contribution in [0.3, 0.4) is 0 Å². The van der Waals surface area contributed by atoms with Gasteiger partial charge in [-0.05, 0) is 59.4 Å². The Morgan fingerprint density at radius 2 is 2.25 bits per heavy atom. The smallest absolute Gasteiger partial charge is 0.0505 e. The molecule has 1 saturated heterocycles. The van der Waals surface area contributed by atoms with Crippen LogP contribution in [-0.2, 0) is 6.42 Å². The Balaban J connectivity index is 2.08. The number of halogens is 1. The maximum atomic E-state index is 3.64. The van der Waals surface area contributed by atoms with Crippen LogP contribution in [0.5, 0.6) is 0 Å². The molecule has 1 aliphatic heterocycles. The lowest BCUT2D eigenvalue weighted by Crippen LogP contribution is -2.23. The first-order valence-electron chi connectivity index (χ1n) is 5.86. The third-order valence-electron chi connectivity index (χ3n) is 3.14. The van der Waals surface area contributed by atoms with E-state index in [1.54, 1.807) is 0 Å². The molecule has 16 heavy (non-hydrogen) atoms. The zero-order valence-corrected chi connectivity index (χ0v) is 11.5. The van der Waals surface area contributed by atoms with E-state index in [-0.39, 0.29) is 0 Å². The molecule has 2 rings (SSSR count). The van der Waals surface area contributed by atoms with Crippen LogP contribution in [0, 0.1) is 0 Å². The van der Waals surface area contributed by atoms with E-state index in [1.807, 2.05) is 0 Å². The standard InChI is InChI=1S/C13H19BrN2/c1-16(2)13-6-5-10(9-12(13)14)8-11-4-3-7-15-11/h5-6,9,11,15H,3-4,7-8H2,1-2H3. The summed E-state index contributed by atoms with van der Waals surface area (Å²) in [6.45, 7) is 1.18. The predicted molar refractivity (Wildman–Crippen MR) is 73.2 cm³/mol. The monoisotopic (exact) mass is 282 g/mol. The molecule has 0 amide bonds. The largest absolute Gasteiger partial charge is 0.377 e. The van der Waals surface area contributed by atoms with Crippen molar-refractivity contribution in [3.8, 4) is 0 Å². The van der Waals surface area contributed by atoms with E-state index in [9.17, 15) is 0 Å². The molecule has 1 aromatic carbocycles. The van der Waals surface area contributed by atoms with Crippen LogP contribution in [0.1, 0.15) is 18.4 Å². The minimum absolute atomic E-state index is 0.678. The van der Waals surface area contributed by atoms with Crippen LogP contribution in [-0.4, -0.2) is 26.7 Å². The highest BCUT2D eigenvalue weighted by Gasteiger charge is 2.14. The van der Waals surface area contributed by atoms with Gasteiger partial charge in [0.2, 0.25) is 0 Å². The van der Waals surface area contributed by atoms with Crippen LogP contribution in [0.2, 0.25) is 0 Å². The molecule has 1 aromatic rings. The van der Waals surface area contributed by atoms with E-state index >= 15 is 0 Å². The van der Waals surface area contributed by atoms with Gasteiger partial charge in [-0.2, -0.15) is 0 Å². The molecule has 0 saturated carbocycles. The van der Waals surface area contributed by atoms with E-state index in [4.69, 9.17) is 0 Å². The van der Waals surface area contributed by atoms with Crippen molar-refractivity contribution in [3.05, 3.63) is 28.2 Å². The van der Waals surface area contributed by atoms with E-state index in [0.717, 1.165) is 6.42 Å². The Bertz CT molecular complexity index is 357. The lowest BCUT2D eigenvalue weighted by atomic mass is 10.0. The summed E-state index contributed by atoms with van der Waals surface area (Å²) in [6.07, 6.45) is 3.78. The Morgan fingerprint density at radius 3 is 2.81 bits per heavy atom. The lowest BCUT2D eigenvalue weighted by Gasteiger charge is -2.16. The van der Waals surface area contributed by atoms with Crippen LogP contribution in [0.4, 0.5) is 5.69 Å². The van der Waals surface area contributed by atoms with Crippen molar-refractivity contribution >= 4 is 21.6 Å². The van der Waals surface area contributed by atoms with Gasteiger partial charge in [-0.25, -0.2) is 0 Å². The first-order valence-corrected chi connectivity index (χ1v) is 6.65. The summed E-state index contributed by atoms with van der Waals surface area (Å²) in [6, 6.07) is 7.35. The van der Waals surface area contributed by atoms with Crippen LogP contribution in [0.15, 0.2) is 22.7 Å². The Morgan fingerprint density at radius 1 is 1.44 bits per heavy atom. The van der Waals surface area contributed by atoms with Gasteiger partial charge in [0.05, 0.1) is 5.69 Å². The summed E-state index contributed by atoms with van der Waals surface area (Å²) in [4.78, 5) is 2.13. The lowest BCUT2D eigenvalue weighted by molar-refractivity contribution is 0.603. The van der Waals surface area contributed by atoms with Crippen molar-refractivity contribution in [1.82, 2.24) is 5.32 Å². The molecule has 1 unspecified atom stereocenters. The van der Waals surface area contributed by atoms with Crippen LogP contribution in [0.25, 0.3) is 0 Å². The third-order valence-corrected chi connectivity index (χ3v) is 3.77. The maximum Gasteiger partial charge on any atom is 0.0505 e. The second kappa shape index (κ2) is 5.19. The van der Waals surface area contributed by atoms with Crippen molar-refractivity contribution in [2.45, 2.75) is 25.3 Å². The van der Waals surface area contributed by atoms with Gasteiger partial charge in [0.25, 0.3) is 0 Å². The minimum Gasteiger partial charge on any atom is -0.377 e. The van der Waals surface area contributed by atoms with Crippen molar-refractivity contribution in [1.29, 1.82) is 0 Å². The zero-order valence-electron chi connectivity index (χ0n) is 9.96. The highest BCUT2D eigenvalue weighted by Crippen LogP contribution is 2.26. The van der Waals surface area contributed by atoms with Crippen molar-refractivity contribution in [2.75, 3.05) is 25.5 Å². The molecule has 88 valence electrons.